The average Bonchev–Trinajstić information content (AvgIpc) is 2.81. The van der Waals surface area contributed by atoms with E-state index in [0.717, 1.165) is 18.2 Å². The van der Waals surface area contributed by atoms with Crippen LogP contribution in [0.5, 0.6) is 5.75 Å². The molecule has 0 fully saturated rings. The molecule has 1 aromatic carbocycles. The first-order chi connectivity index (χ1) is 18.3. The fourth-order valence-electron chi connectivity index (χ4n) is 6.46. The Kier molecular flexibility index (Phi) is 7.59. The second-order valence-electron chi connectivity index (χ2n) is 10.7. The van der Waals surface area contributed by atoms with E-state index in [2.05, 4.69) is 5.32 Å². The molecule has 3 aliphatic carbocycles. The summed E-state index contributed by atoms with van der Waals surface area (Å²) in [4.78, 5) is 54.5. The number of ether oxygens (including phenoxy) is 2. The van der Waals surface area contributed by atoms with Crippen molar-refractivity contribution in [1.82, 2.24) is 10.2 Å². The lowest BCUT2D eigenvalue weighted by Gasteiger charge is -2.49. The second-order valence-corrected chi connectivity index (χ2v) is 10.7. The molecule has 0 spiro atoms. The Morgan fingerprint density at radius 2 is 1.77 bits per heavy atom. The van der Waals surface area contributed by atoms with Crippen LogP contribution in [0, 0.1) is 17.8 Å². The molecule has 5 atom stereocenters. The highest BCUT2D eigenvalue weighted by atomic mass is 16.5. The third-order valence-electron chi connectivity index (χ3n) is 7.81. The van der Waals surface area contributed by atoms with Gasteiger partial charge in [0, 0.05) is 39.2 Å². The molecule has 0 aliphatic heterocycles. The minimum Gasteiger partial charge on any atom is -0.511 e. The standard InChI is InChI=1S/C28H35N3O8/c1-12(32)29-28(37)22-26(36)21-16(23(31(5)6)27(22)39-13(2)33)11-14-10-15-17(30(3)4)8-9-18(38-7)20(15)24(34)19(14)25(21)35/h8-9,14,16,21,23,26,35-36H,10-11H2,1-7H3,(H,29,32,37). The summed E-state index contributed by atoms with van der Waals surface area (Å²) in [6.45, 7) is 2.32. The van der Waals surface area contributed by atoms with Gasteiger partial charge >= 0.3 is 5.97 Å². The number of anilines is 1. The zero-order valence-electron chi connectivity index (χ0n) is 23.2. The summed E-state index contributed by atoms with van der Waals surface area (Å²) in [5, 5.41) is 25.3. The number of Topliss-reactive ketones (excluding diaryl/α,β-unsaturated/α-hetero) is 1. The van der Waals surface area contributed by atoms with Crippen LogP contribution in [0.2, 0.25) is 0 Å². The van der Waals surface area contributed by atoms with Crippen molar-refractivity contribution in [1.29, 1.82) is 0 Å². The Morgan fingerprint density at radius 1 is 1.10 bits per heavy atom. The highest BCUT2D eigenvalue weighted by Gasteiger charge is 2.55. The number of benzene rings is 1. The predicted molar refractivity (Wildman–Crippen MR) is 141 cm³/mol. The van der Waals surface area contributed by atoms with Crippen molar-refractivity contribution >= 4 is 29.3 Å². The van der Waals surface area contributed by atoms with E-state index in [1.807, 2.05) is 25.1 Å². The van der Waals surface area contributed by atoms with Crippen molar-refractivity contribution in [3.63, 3.8) is 0 Å². The summed E-state index contributed by atoms with van der Waals surface area (Å²) in [7, 11) is 8.71. The number of carbonyl (C=O) groups excluding carboxylic acids is 4. The molecule has 0 bridgehead atoms. The number of carbonyl (C=O) groups is 4. The molecule has 1 aromatic rings. The zero-order valence-corrected chi connectivity index (χ0v) is 23.2. The minimum atomic E-state index is -1.64. The van der Waals surface area contributed by atoms with Crippen molar-refractivity contribution in [3.05, 3.63) is 45.9 Å². The maximum atomic E-state index is 14.0. The molecule has 3 aliphatic rings. The molecule has 3 N–H and O–H groups in total. The number of aliphatic hydroxyl groups excluding tert-OH is 2. The van der Waals surface area contributed by atoms with Crippen LogP contribution in [0.4, 0.5) is 5.69 Å². The molecule has 11 heteroatoms. The fraction of sp³-hybridized carbons (Fsp3) is 0.500. The molecule has 2 amide bonds. The number of methoxy groups -OCH3 is 1. The Hall–Kier alpha value is -3.70. The number of nitrogens with one attached hydrogen (secondary N) is 1. The van der Waals surface area contributed by atoms with Crippen LogP contribution in [0.3, 0.4) is 0 Å². The van der Waals surface area contributed by atoms with E-state index >= 15 is 0 Å². The van der Waals surface area contributed by atoms with E-state index in [1.54, 1.807) is 25.1 Å². The topological polar surface area (TPSA) is 146 Å². The number of ketones is 1. The quantitative estimate of drug-likeness (QED) is 0.467. The third-order valence-corrected chi connectivity index (χ3v) is 7.81. The highest BCUT2D eigenvalue weighted by molar-refractivity contribution is 6.14. The normalized spacial score (nSPS) is 26.0. The van der Waals surface area contributed by atoms with E-state index in [-0.39, 0.29) is 22.7 Å². The Morgan fingerprint density at radius 3 is 2.31 bits per heavy atom. The lowest BCUT2D eigenvalue weighted by atomic mass is 9.60. The molecule has 0 heterocycles. The summed E-state index contributed by atoms with van der Waals surface area (Å²) in [5.74, 6) is -4.65. The summed E-state index contributed by atoms with van der Waals surface area (Å²) in [6.07, 6.45) is -0.835. The van der Waals surface area contributed by atoms with Gasteiger partial charge in [-0.05, 0) is 56.5 Å². The summed E-state index contributed by atoms with van der Waals surface area (Å²) < 4.78 is 11.0. The van der Waals surface area contributed by atoms with Gasteiger partial charge in [-0.2, -0.15) is 0 Å². The molecule has 11 nitrogen and oxygen atoms in total. The van der Waals surface area contributed by atoms with Crippen molar-refractivity contribution in [2.45, 2.75) is 38.8 Å². The smallest absolute Gasteiger partial charge is 0.307 e. The molecule has 210 valence electrons. The minimum absolute atomic E-state index is 0.0746. The number of rotatable bonds is 5. The van der Waals surface area contributed by atoms with Gasteiger partial charge < -0.3 is 24.6 Å². The number of nitrogens with zero attached hydrogens (tertiary/aromatic N) is 2. The SMILES string of the molecule is COc1ccc(N(C)C)c2c1C(=O)C1=C(O)C3C(O)C(C(=O)NC(C)=O)=C(OC(C)=O)C(N(C)C)C3CC1C2. The van der Waals surface area contributed by atoms with Crippen molar-refractivity contribution in [2.75, 3.05) is 40.2 Å². The molecular weight excluding hydrogens is 506 g/mol. The molecule has 0 aromatic heterocycles. The van der Waals surface area contributed by atoms with Crippen LogP contribution in [-0.2, 0) is 25.5 Å². The molecule has 0 radical (unpaired) electrons. The maximum Gasteiger partial charge on any atom is 0.307 e. The van der Waals surface area contributed by atoms with Gasteiger partial charge in [-0.15, -0.1) is 0 Å². The number of likely N-dealkylation sites (N-methyl/N-ethyl adjacent to an activating group) is 1. The molecule has 5 unspecified atom stereocenters. The van der Waals surface area contributed by atoms with Crippen LogP contribution in [0.25, 0.3) is 0 Å². The first-order valence-corrected chi connectivity index (χ1v) is 12.7. The number of fused-ring (bicyclic) bond motifs is 3. The number of allylic oxidation sites excluding steroid dienone is 1. The number of hydrogen-bond acceptors (Lipinski definition) is 10. The van der Waals surface area contributed by atoms with E-state index in [4.69, 9.17) is 9.47 Å². The van der Waals surface area contributed by atoms with Crippen LogP contribution in [0.15, 0.2) is 34.8 Å². The first kappa shape index (κ1) is 28.3. The van der Waals surface area contributed by atoms with E-state index in [0.29, 0.717) is 24.2 Å². The monoisotopic (exact) mass is 541 g/mol. The van der Waals surface area contributed by atoms with Crippen LogP contribution in [-0.4, -0.2) is 86.1 Å². The van der Waals surface area contributed by atoms with Gasteiger partial charge in [0.05, 0.1) is 36.3 Å². The Bertz CT molecular complexity index is 1310. The molecule has 4 rings (SSSR count). The van der Waals surface area contributed by atoms with Crippen LogP contribution >= 0.6 is 0 Å². The van der Waals surface area contributed by atoms with Gasteiger partial charge in [0.1, 0.15) is 17.3 Å². The number of amides is 2. The van der Waals surface area contributed by atoms with Crippen LogP contribution in [0.1, 0.15) is 36.2 Å². The van der Waals surface area contributed by atoms with E-state index in [9.17, 15) is 29.4 Å². The summed E-state index contributed by atoms with van der Waals surface area (Å²) in [5.41, 5.74) is 1.87. The first-order valence-electron chi connectivity index (χ1n) is 12.7. The van der Waals surface area contributed by atoms with E-state index in [1.165, 1.54) is 14.0 Å². The van der Waals surface area contributed by atoms with Gasteiger partial charge in [-0.25, -0.2) is 0 Å². The number of hydrogen-bond donors (Lipinski definition) is 3. The van der Waals surface area contributed by atoms with Gasteiger partial charge in [0.25, 0.3) is 5.91 Å². The lowest BCUT2D eigenvalue weighted by molar-refractivity contribution is -0.139. The fourth-order valence-corrected chi connectivity index (χ4v) is 6.46. The largest absolute Gasteiger partial charge is 0.511 e. The molecular formula is C28H35N3O8. The van der Waals surface area contributed by atoms with Gasteiger partial charge in [0.2, 0.25) is 5.91 Å². The number of imide groups is 1. The number of esters is 1. The molecule has 0 saturated carbocycles. The third kappa shape index (κ3) is 4.70. The second kappa shape index (κ2) is 10.5. The van der Waals surface area contributed by atoms with Crippen molar-refractivity contribution in [2.24, 2.45) is 17.8 Å². The van der Waals surface area contributed by atoms with Crippen molar-refractivity contribution in [3.8, 4) is 5.75 Å². The highest BCUT2D eigenvalue weighted by Crippen LogP contribution is 2.52. The molecule has 0 saturated heterocycles. The Labute approximate surface area is 227 Å². The van der Waals surface area contributed by atoms with Gasteiger partial charge in [-0.1, -0.05) is 0 Å². The number of aliphatic hydroxyl groups is 2. The van der Waals surface area contributed by atoms with Gasteiger partial charge in [0.15, 0.2) is 5.78 Å². The summed E-state index contributed by atoms with van der Waals surface area (Å²) >= 11 is 0. The maximum absolute atomic E-state index is 14.0. The lowest BCUT2D eigenvalue weighted by Crippen LogP contribution is -2.55. The van der Waals surface area contributed by atoms with Gasteiger partial charge in [-0.3, -0.25) is 29.4 Å². The van der Waals surface area contributed by atoms with E-state index < -0.39 is 53.5 Å². The Balaban J connectivity index is 1.93. The van der Waals surface area contributed by atoms with Crippen LogP contribution < -0.4 is 15.0 Å². The summed E-state index contributed by atoms with van der Waals surface area (Å²) in [6, 6.07) is 2.89. The average molecular weight is 542 g/mol. The zero-order chi connectivity index (χ0) is 28.9. The molecule has 39 heavy (non-hydrogen) atoms. The van der Waals surface area contributed by atoms with Crippen molar-refractivity contribution < 1.29 is 38.9 Å². The predicted octanol–water partition coefficient (Wildman–Crippen LogP) is 1.35.